The van der Waals surface area contributed by atoms with Crippen molar-refractivity contribution in [2.45, 2.75) is 45.0 Å². The average Bonchev–Trinajstić information content (AvgIpc) is 2.86. The lowest BCUT2D eigenvalue weighted by Gasteiger charge is -2.19. The van der Waals surface area contributed by atoms with E-state index < -0.39 is 0 Å². The molecule has 108 valence electrons. The van der Waals surface area contributed by atoms with Gasteiger partial charge in [-0.25, -0.2) is 0 Å². The topological polar surface area (TPSA) is 51.5 Å². The number of thioether (sulfide) groups is 1. The van der Waals surface area contributed by atoms with Gasteiger partial charge in [0.25, 0.3) is 0 Å². The minimum absolute atomic E-state index is 0.158. The molecule has 1 heterocycles. The molecule has 0 amide bonds. The van der Waals surface area contributed by atoms with Gasteiger partial charge in [-0.15, -0.1) is 0 Å². The third-order valence-electron chi connectivity index (χ3n) is 2.48. The van der Waals surface area contributed by atoms with E-state index in [9.17, 15) is 4.79 Å². The second kappa shape index (κ2) is 9.04. The van der Waals surface area contributed by atoms with Gasteiger partial charge in [0.15, 0.2) is 0 Å². The molecule has 0 aromatic carbocycles. The summed E-state index contributed by atoms with van der Waals surface area (Å²) in [6.45, 7) is 6.31. The van der Waals surface area contributed by atoms with Gasteiger partial charge in [-0.05, 0) is 31.2 Å². The summed E-state index contributed by atoms with van der Waals surface area (Å²) in [6, 6.07) is 3.90. The van der Waals surface area contributed by atoms with Crippen LogP contribution in [-0.2, 0) is 15.3 Å². The predicted octanol–water partition coefficient (Wildman–Crippen LogP) is 2.83. The average molecular weight is 285 g/mol. The monoisotopic (exact) mass is 285 g/mol. The number of furan rings is 1. The van der Waals surface area contributed by atoms with Crippen molar-refractivity contribution in [2.24, 2.45) is 0 Å². The summed E-state index contributed by atoms with van der Waals surface area (Å²) >= 11 is 1.76. The van der Waals surface area contributed by atoms with Crippen LogP contribution in [-0.4, -0.2) is 30.4 Å². The van der Waals surface area contributed by atoms with Gasteiger partial charge in [0, 0.05) is 6.04 Å². The fourth-order valence-electron chi connectivity index (χ4n) is 1.68. The molecule has 0 bridgehead atoms. The molecular weight excluding hydrogens is 262 g/mol. The van der Waals surface area contributed by atoms with Crippen molar-refractivity contribution in [1.29, 1.82) is 0 Å². The Hall–Kier alpha value is -0.940. The summed E-state index contributed by atoms with van der Waals surface area (Å²) in [6.07, 6.45) is 2.44. The number of rotatable bonds is 9. The van der Waals surface area contributed by atoms with Crippen molar-refractivity contribution in [3.63, 3.8) is 0 Å². The van der Waals surface area contributed by atoms with Crippen LogP contribution in [0.25, 0.3) is 0 Å². The van der Waals surface area contributed by atoms with Gasteiger partial charge >= 0.3 is 5.97 Å². The Bertz CT molecular complexity index is 352. The highest BCUT2D eigenvalue weighted by molar-refractivity contribution is 7.98. The second-order valence-electron chi connectivity index (χ2n) is 4.55. The van der Waals surface area contributed by atoms with Crippen LogP contribution < -0.4 is 5.32 Å². The molecule has 0 saturated carbocycles. The standard InChI is InChI=1S/C14H23NO3S/c1-4-17-14(16)13(15-11(2)3)7-9-19-10-12-6-5-8-18-12/h5-6,8,11,13,15H,4,7,9-10H2,1-3H3. The van der Waals surface area contributed by atoms with Gasteiger partial charge in [-0.2, -0.15) is 11.8 Å². The van der Waals surface area contributed by atoms with E-state index in [2.05, 4.69) is 5.32 Å². The molecule has 0 fully saturated rings. The Morgan fingerprint density at radius 1 is 1.53 bits per heavy atom. The van der Waals surface area contributed by atoms with Crippen LogP contribution >= 0.6 is 11.8 Å². The van der Waals surface area contributed by atoms with Crippen molar-refractivity contribution >= 4 is 17.7 Å². The van der Waals surface area contributed by atoms with Crippen molar-refractivity contribution in [2.75, 3.05) is 12.4 Å². The molecule has 5 heteroatoms. The first-order chi connectivity index (χ1) is 9.13. The fraction of sp³-hybridized carbons (Fsp3) is 0.643. The summed E-state index contributed by atoms with van der Waals surface area (Å²) in [5, 5.41) is 3.25. The minimum Gasteiger partial charge on any atom is -0.468 e. The summed E-state index contributed by atoms with van der Waals surface area (Å²) < 4.78 is 10.3. The first kappa shape index (κ1) is 16.1. The molecule has 4 nitrogen and oxygen atoms in total. The number of esters is 1. The third-order valence-corrected chi connectivity index (χ3v) is 3.49. The zero-order chi connectivity index (χ0) is 14.1. The number of carbonyl (C=O) groups is 1. The van der Waals surface area contributed by atoms with Crippen molar-refractivity contribution in [3.05, 3.63) is 24.2 Å². The molecule has 0 aliphatic heterocycles. The van der Waals surface area contributed by atoms with E-state index in [1.165, 1.54) is 0 Å². The summed E-state index contributed by atoms with van der Waals surface area (Å²) in [7, 11) is 0. The van der Waals surface area contributed by atoms with E-state index in [1.54, 1.807) is 18.0 Å². The normalized spacial score (nSPS) is 12.6. The first-order valence-electron chi connectivity index (χ1n) is 6.66. The van der Waals surface area contributed by atoms with Crippen molar-refractivity contribution in [3.8, 4) is 0 Å². The lowest BCUT2D eigenvalue weighted by molar-refractivity contribution is -0.145. The van der Waals surface area contributed by atoms with E-state index in [-0.39, 0.29) is 18.1 Å². The maximum Gasteiger partial charge on any atom is 0.323 e. The van der Waals surface area contributed by atoms with E-state index in [0.717, 1.165) is 23.7 Å². The van der Waals surface area contributed by atoms with E-state index in [0.29, 0.717) is 6.61 Å². The SMILES string of the molecule is CCOC(=O)C(CCSCc1ccco1)NC(C)C. The Morgan fingerprint density at radius 3 is 2.89 bits per heavy atom. The van der Waals surface area contributed by atoms with Crippen LogP contribution in [0.3, 0.4) is 0 Å². The zero-order valence-electron chi connectivity index (χ0n) is 11.8. The van der Waals surface area contributed by atoms with Gasteiger partial charge < -0.3 is 14.5 Å². The highest BCUT2D eigenvalue weighted by atomic mass is 32.2. The highest BCUT2D eigenvalue weighted by Gasteiger charge is 2.19. The van der Waals surface area contributed by atoms with Gasteiger partial charge in [-0.1, -0.05) is 13.8 Å². The zero-order valence-corrected chi connectivity index (χ0v) is 12.7. The molecule has 1 N–H and O–H groups in total. The summed E-state index contributed by atoms with van der Waals surface area (Å²) in [4.78, 5) is 11.8. The number of hydrogen-bond donors (Lipinski definition) is 1. The maximum absolute atomic E-state index is 11.8. The fourth-order valence-corrected chi connectivity index (χ4v) is 2.60. The van der Waals surface area contributed by atoms with Crippen molar-refractivity contribution in [1.82, 2.24) is 5.32 Å². The van der Waals surface area contributed by atoms with Crippen LogP contribution in [0.4, 0.5) is 0 Å². The summed E-state index contributed by atoms with van der Waals surface area (Å²) in [5.74, 6) is 2.54. The molecule has 0 radical (unpaired) electrons. The molecule has 1 unspecified atom stereocenters. The first-order valence-corrected chi connectivity index (χ1v) is 7.81. The molecule has 1 atom stereocenters. The number of carbonyl (C=O) groups excluding carboxylic acids is 1. The molecule has 0 saturated heterocycles. The van der Waals surface area contributed by atoms with Gasteiger partial charge in [-0.3, -0.25) is 4.79 Å². The Balaban J connectivity index is 2.29. The van der Waals surface area contributed by atoms with E-state index in [4.69, 9.17) is 9.15 Å². The predicted molar refractivity (Wildman–Crippen MR) is 78.2 cm³/mol. The van der Waals surface area contributed by atoms with Gasteiger partial charge in [0.05, 0.1) is 18.6 Å². The number of nitrogens with one attached hydrogen (secondary N) is 1. The minimum atomic E-state index is -0.218. The summed E-state index contributed by atoms with van der Waals surface area (Å²) in [5.41, 5.74) is 0. The largest absolute Gasteiger partial charge is 0.468 e. The van der Waals surface area contributed by atoms with Crippen LogP contribution in [0.5, 0.6) is 0 Å². The molecule has 1 rings (SSSR count). The number of hydrogen-bond acceptors (Lipinski definition) is 5. The van der Waals surface area contributed by atoms with E-state index in [1.807, 2.05) is 32.9 Å². The van der Waals surface area contributed by atoms with Gasteiger partial charge in [0.2, 0.25) is 0 Å². The van der Waals surface area contributed by atoms with Crippen molar-refractivity contribution < 1.29 is 13.9 Å². The Morgan fingerprint density at radius 2 is 2.32 bits per heavy atom. The van der Waals surface area contributed by atoms with Crippen LogP contribution in [0.2, 0.25) is 0 Å². The van der Waals surface area contributed by atoms with E-state index >= 15 is 0 Å². The lowest BCUT2D eigenvalue weighted by atomic mass is 10.2. The Labute approximate surface area is 119 Å². The molecule has 19 heavy (non-hydrogen) atoms. The highest BCUT2D eigenvalue weighted by Crippen LogP contribution is 2.14. The molecule has 0 aliphatic rings. The van der Waals surface area contributed by atoms with Crippen LogP contribution in [0.1, 0.15) is 33.0 Å². The number of ether oxygens (including phenoxy) is 1. The third kappa shape index (κ3) is 6.68. The van der Waals surface area contributed by atoms with Gasteiger partial charge in [0.1, 0.15) is 11.8 Å². The molecular formula is C14H23NO3S. The smallest absolute Gasteiger partial charge is 0.323 e. The Kier molecular flexibility index (Phi) is 7.67. The van der Waals surface area contributed by atoms with Crippen LogP contribution in [0, 0.1) is 0 Å². The molecule has 1 aromatic heterocycles. The second-order valence-corrected chi connectivity index (χ2v) is 5.65. The maximum atomic E-state index is 11.8. The molecule has 0 spiro atoms. The van der Waals surface area contributed by atoms with Crippen LogP contribution in [0.15, 0.2) is 22.8 Å². The molecule has 0 aliphatic carbocycles. The quantitative estimate of drug-likeness (QED) is 0.558. The lowest BCUT2D eigenvalue weighted by Crippen LogP contribution is -2.42. The molecule has 1 aromatic rings.